The molecule has 0 unspecified atom stereocenters. The molecular formula is C21H23N5S. The van der Waals surface area contributed by atoms with Gasteiger partial charge in [-0.2, -0.15) is 0 Å². The van der Waals surface area contributed by atoms with E-state index in [1.54, 1.807) is 11.3 Å². The molecule has 0 spiro atoms. The molecule has 0 atom stereocenters. The number of hydrogen-bond donors (Lipinski definition) is 1. The van der Waals surface area contributed by atoms with E-state index < -0.39 is 0 Å². The number of rotatable bonds is 3. The van der Waals surface area contributed by atoms with E-state index in [-0.39, 0.29) is 0 Å². The van der Waals surface area contributed by atoms with Crippen LogP contribution in [0.5, 0.6) is 0 Å². The molecule has 0 aromatic carbocycles. The molecule has 0 amide bonds. The number of pyridine rings is 1. The highest BCUT2D eigenvalue weighted by atomic mass is 32.1. The number of nitrogens with zero attached hydrogens (tertiary/aromatic N) is 4. The molecule has 27 heavy (non-hydrogen) atoms. The van der Waals surface area contributed by atoms with E-state index in [9.17, 15) is 0 Å². The van der Waals surface area contributed by atoms with E-state index in [0.717, 1.165) is 23.1 Å². The van der Waals surface area contributed by atoms with Gasteiger partial charge in [0, 0.05) is 28.5 Å². The molecule has 4 aromatic rings. The molecule has 0 saturated heterocycles. The number of nitrogens with one attached hydrogen (secondary N) is 1. The van der Waals surface area contributed by atoms with Crippen LogP contribution < -0.4 is 5.32 Å². The molecule has 1 aliphatic carbocycles. The molecule has 1 aliphatic rings. The minimum absolute atomic E-state index is 0.524. The van der Waals surface area contributed by atoms with Crippen molar-refractivity contribution in [1.82, 2.24) is 19.6 Å². The van der Waals surface area contributed by atoms with Crippen LogP contribution in [0.4, 0.5) is 5.82 Å². The van der Waals surface area contributed by atoms with Crippen LogP contribution >= 0.6 is 11.3 Å². The Bertz CT molecular complexity index is 1100. The first kappa shape index (κ1) is 16.7. The first-order valence-electron chi connectivity index (χ1n) is 9.63. The van der Waals surface area contributed by atoms with Crippen molar-refractivity contribution >= 4 is 32.9 Å². The Morgan fingerprint density at radius 2 is 1.96 bits per heavy atom. The maximum atomic E-state index is 4.85. The van der Waals surface area contributed by atoms with E-state index in [1.165, 1.54) is 46.2 Å². The summed E-state index contributed by atoms with van der Waals surface area (Å²) in [6, 6.07) is 6.80. The maximum absolute atomic E-state index is 4.85. The Morgan fingerprint density at radius 1 is 1.11 bits per heavy atom. The largest absolute Gasteiger partial charge is 0.366 e. The minimum atomic E-state index is 0.524. The van der Waals surface area contributed by atoms with E-state index in [0.29, 0.717) is 6.04 Å². The standard InChI is InChI=1S/C21H23N5S/c1-13-3-5-16(6-4-13)24-19-7-8-20-23-12-17(26(20)25-19)18-9-15-11-22-10-14(2)21(15)27-18/h7-13,16H,3-6H2,1-2H3,(H,24,25)/t13-,16-. The summed E-state index contributed by atoms with van der Waals surface area (Å²) in [6.45, 7) is 4.45. The van der Waals surface area contributed by atoms with Gasteiger partial charge in [0.05, 0.1) is 11.1 Å². The monoisotopic (exact) mass is 377 g/mol. The van der Waals surface area contributed by atoms with E-state index in [1.807, 2.05) is 35.2 Å². The predicted octanol–water partition coefficient (Wildman–Crippen LogP) is 5.31. The fourth-order valence-corrected chi connectivity index (χ4v) is 5.05. The summed E-state index contributed by atoms with van der Waals surface area (Å²) in [5.74, 6) is 1.78. The number of aryl methyl sites for hydroxylation is 1. The van der Waals surface area contributed by atoms with Gasteiger partial charge in [0.2, 0.25) is 0 Å². The smallest absolute Gasteiger partial charge is 0.154 e. The van der Waals surface area contributed by atoms with E-state index in [4.69, 9.17) is 5.10 Å². The highest BCUT2D eigenvalue weighted by molar-refractivity contribution is 7.22. The molecule has 0 bridgehead atoms. The van der Waals surface area contributed by atoms with Crippen LogP contribution in [-0.4, -0.2) is 25.6 Å². The zero-order valence-electron chi connectivity index (χ0n) is 15.6. The highest BCUT2D eigenvalue weighted by Crippen LogP contribution is 2.35. The van der Waals surface area contributed by atoms with Crippen LogP contribution in [0.15, 0.2) is 36.8 Å². The highest BCUT2D eigenvalue weighted by Gasteiger charge is 2.19. The number of imidazole rings is 1. The summed E-state index contributed by atoms with van der Waals surface area (Å²) < 4.78 is 3.24. The van der Waals surface area contributed by atoms with Crippen molar-refractivity contribution in [3.63, 3.8) is 0 Å². The van der Waals surface area contributed by atoms with Crippen molar-refractivity contribution in [3.8, 4) is 10.6 Å². The molecule has 1 saturated carbocycles. The fourth-order valence-electron chi connectivity index (χ4n) is 3.96. The van der Waals surface area contributed by atoms with E-state index >= 15 is 0 Å². The molecule has 0 aliphatic heterocycles. The Balaban J connectivity index is 1.50. The van der Waals surface area contributed by atoms with Gasteiger partial charge in [0.25, 0.3) is 0 Å². The Hall–Kier alpha value is -2.47. The number of fused-ring (bicyclic) bond motifs is 2. The molecule has 1 fully saturated rings. The number of aromatic nitrogens is 4. The normalized spacial score (nSPS) is 20.4. The zero-order valence-corrected chi connectivity index (χ0v) is 16.5. The van der Waals surface area contributed by atoms with Gasteiger partial charge in [-0.05, 0) is 62.3 Å². The molecule has 4 heterocycles. The van der Waals surface area contributed by atoms with Gasteiger partial charge in [-0.15, -0.1) is 16.4 Å². The fraction of sp³-hybridized carbons (Fsp3) is 0.381. The number of hydrogen-bond acceptors (Lipinski definition) is 5. The van der Waals surface area contributed by atoms with Crippen LogP contribution in [-0.2, 0) is 0 Å². The second kappa shape index (κ2) is 6.60. The Kier molecular flexibility index (Phi) is 4.08. The molecular weight excluding hydrogens is 354 g/mol. The lowest BCUT2D eigenvalue weighted by Crippen LogP contribution is -2.25. The third-order valence-electron chi connectivity index (χ3n) is 5.58. The van der Waals surface area contributed by atoms with Crippen molar-refractivity contribution in [2.45, 2.75) is 45.6 Å². The summed E-state index contributed by atoms with van der Waals surface area (Å²) in [7, 11) is 0. The third kappa shape index (κ3) is 3.08. The molecule has 138 valence electrons. The molecule has 5 nitrogen and oxygen atoms in total. The van der Waals surface area contributed by atoms with Crippen molar-refractivity contribution in [1.29, 1.82) is 0 Å². The van der Waals surface area contributed by atoms with Gasteiger partial charge >= 0.3 is 0 Å². The van der Waals surface area contributed by atoms with Crippen LogP contribution in [0.1, 0.15) is 38.2 Å². The first-order chi connectivity index (χ1) is 13.2. The van der Waals surface area contributed by atoms with Gasteiger partial charge in [0.15, 0.2) is 5.65 Å². The van der Waals surface area contributed by atoms with Crippen molar-refractivity contribution in [2.24, 2.45) is 5.92 Å². The van der Waals surface area contributed by atoms with Crippen LogP contribution in [0.2, 0.25) is 0 Å². The molecule has 0 radical (unpaired) electrons. The summed E-state index contributed by atoms with van der Waals surface area (Å²) in [6.07, 6.45) is 10.8. The average Bonchev–Trinajstić information content (AvgIpc) is 3.28. The lowest BCUT2D eigenvalue weighted by atomic mass is 9.87. The van der Waals surface area contributed by atoms with Crippen LogP contribution in [0.25, 0.3) is 26.3 Å². The van der Waals surface area contributed by atoms with Gasteiger partial charge in [-0.3, -0.25) is 4.98 Å². The van der Waals surface area contributed by atoms with Gasteiger partial charge in [0.1, 0.15) is 11.5 Å². The predicted molar refractivity (Wildman–Crippen MR) is 111 cm³/mol. The zero-order chi connectivity index (χ0) is 18.4. The van der Waals surface area contributed by atoms with Gasteiger partial charge in [-0.25, -0.2) is 9.50 Å². The maximum Gasteiger partial charge on any atom is 0.154 e. The number of anilines is 1. The average molecular weight is 378 g/mol. The summed E-state index contributed by atoms with van der Waals surface area (Å²) in [5.41, 5.74) is 3.12. The van der Waals surface area contributed by atoms with Crippen molar-refractivity contribution in [2.75, 3.05) is 5.32 Å². The van der Waals surface area contributed by atoms with Crippen molar-refractivity contribution in [3.05, 3.63) is 42.4 Å². The minimum Gasteiger partial charge on any atom is -0.366 e. The lowest BCUT2D eigenvalue weighted by molar-refractivity contribution is 0.360. The molecule has 4 aromatic heterocycles. The Morgan fingerprint density at radius 3 is 2.78 bits per heavy atom. The quantitative estimate of drug-likeness (QED) is 0.526. The SMILES string of the molecule is Cc1cncc2cc(-c3cnc4ccc(N[C@H]5CC[C@H](C)CC5)nn34)sc12. The molecule has 5 rings (SSSR count). The topological polar surface area (TPSA) is 55.1 Å². The number of thiophene rings is 1. The lowest BCUT2D eigenvalue weighted by Gasteiger charge is -2.27. The van der Waals surface area contributed by atoms with Gasteiger partial charge < -0.3 is 5.32 Å². The van der Waals surface area contributed by atoms with Gasteiger partial charge in [-0.1, -0.05) is 6.92 Å². The summed E-state index contributed by atoms with van der Waals surface area (Å²) in [5, 5.41) is 9.66. The third-order valence-corrected chi connectivity index (χ3v) is 6.89. The second-order valence-electron chi connectivity index (χ2n) is 7.72. The Labute approximate surface area is 162 Å². The summed E-state index contributed by atoms with van der Waals surface area (Å²) in [4.78, 5) is 10.0. The van der Waals surface area contributed by atoms with E-state index in [2.05, 4.69) is 35.2 Å². The van der Waals surface area contributed by atoms with Crippen LogP contribution in [0.3, 0.4) is 0 Å². The second-order valence-corrected chi connectivity index (χ2v) is 8.77. The van der Waals surface area contributed by atoms with Crippen LogP contribution in [0, 0.1) is 12.8 Å². The van der Waals surface area contributed by atoms with Crippen molar-refractivity contribution < 1.29 is 0 Å². The summed E-state index contributed by atoms with van der Waals surface area (Å²) >= 11 is 1.78. The molecule has 1 N–H and O–H groups in total. The first-order valence-corrected chi connectivity index (χ1v) is 10.4. The molecule has 6 heteroatoms.